The maximum Gasteiger partial charge on any atom is 0.311 e. The normalized spacial score (nSPS) is 10.4. The second-order valence-electron chi connectivity index (χ2n) is 4.61. The molecule has 0 aliphatic heterocycles. The second kappa shape index (κ2) is 8.59. The molecule has 1 rings (SSSR count). The van der Waals surface area contributed by atoms with E-state index in [0.29, 0.717) is 11.7 Å². The van der Waals surface area contributed by atoms with Crippen molar-refractivity contribution in [2.45, 2.75) is 32.6 Å². The third kappa shape index (κ3) is 6.06. The summed E-state index contributed by atoms with van der Waals surface area (Å²) in [5, 5.41) is 0. The van der Waals surface area contributed by atoms with E-state index < -0.39 is 11.9 Å². The third-order valence-electron chi connectivity index (χ3n) is 2.65. The fraction of sp³-hybridized carbons (Fsp3) is 0.467. The van der Waals surface area contributed by atoms with Crippen molar-refractivity contribution in [3.05, 3.63) is 29.8 Å². The van der Waals surface area contributed by atoms with Crippen molar-refractivity contribution >= 4 is 23.5 Å². The summed E-state index contributed by atoms with van der Waals surface area (Å²) in [6.07, 6.45) is -0.00709. The Balaban J connectivity index is 2.36. The largest absolute Gasteiger partial charge is 0.464 e. The first-order chi connectivity index (χ1) is 9.52. The quantitative estimate of drug-likeness (QED) is 0.440. The van der Waals surface area contributed by atoms with E-state index in [1.54, 1.807) is 12.1 Å². The smallest absolute Gasteiger partial charge is 0.311 e. The molecule has 0 spiro atoms. The van der Waals surface area contributed by atoms with Crippen LogP contribution in [0.5, 0.6) is 5.75 Å². The fourth-order valence-electron chi connectivity index (χ4n) is 1.53. The van der Waals surface area contributed by atoms with E-state index in [1.807, 2.05) is 12.1 Å². The average Bonchev–Trinajstić information content (AvgIpc) is 2.43. The van der Waals surface area contributed by atoms with Crippen molar-refractivity contribution in [2.24, 2.45) is 0 Å². The molecule has 0 amide bonds. The van der Waals surface area contributed by atoms with Crippen molar-refractivity contribution in [2.75, 3.05) is 12.5 Å². The SMILES string of the molecule is CC(C)c1ccc(OC(=O)CCC(=O)OCCCl)cc1. The van der Waals surface area contributed by atoms with Gasteiger partial charge in [0.25, 0.3) is 0 Å². The van der Waals surface area contributed by atoms with Crippen molar-refractivity contribution in [1.29, 1.82) is 0 Å². The van der Waals surface area contributed by atoms with Crippen LogP contribution >= 0.6 is 11.6 Å². The van der Waals surface area contributed by atoms with Gasteiger partial charge in [-0.2, -0.15) is 0 Å². The topological polar surface area (TPSA) is 52.6 Å². The summed E-state index contributed by atoms with van der Waals surface area (Å²) in [7, 11) is 0. The number of halogens is 1. The molecule has 0 fully saturated rings. The molecule has 0 saturated carbocycles. The Morgan fingerprint density at radius 1 is 1.10 bits per heavy atom. The maximum atomic E-state index is 11.6. The van der Waals surface area contributed by atoms with Gasteiger partial charge in [-0.1, -0.05) is 26.0 Å². The molecule has 0 heterocycles. The van der Waals surface area contributed by atoms with E-state index >= 15 is 0 Å². The van der Waals surface area contributed by atoms with Crippen LogP contribution in [0.1, 0.15) is 38.2 Å². The molecular weight excluding hydrogens is 280 g/mol. The van der Waals surface area contributed by atoms with Gasteiger partial charge in [0.2, 0.25) is 0 Å². The fourth-order valence-corrected chi connectivity index (χ4v) is 1.61. The standard InChI is InChI=1S/C15H19ClO4/c1-11(2)12-3-5-13(6-4-12)20-15(18)8-7-14(17)19-10-9-16/h3-6,11H,7-10H2,1-2H3. The first kappa shape index (κ1) is 16.5. The average molecular weight is 299 g/mol. The molecule has 0 bridgehead atoms. The van der Waals surface area contributed by atoms with Gasteiger partial charge in [-0.15, -0.1) is 11.6 Å². The van der Waals surface area contributed by atoms with Crippen LogP contribution in [0, 0.1) is 0 Å². The zero-order chi connectivity index (χ0) is 15.0. The Morgan fingerprint density at radius 2 is 1.70 bits per heavy atom. The van der Waals surface area contributed by atoms with Crippen LogP contribution in [0.25, 0.3) is 0 Å². The minimum atomic E-state index is -0.454. The van der Waals surface area contributed by atoms with Crippen molar-refractivity contribution in [3.63, 3.8) is 0 Å². The number of esters is 2. The van der Waals surface area contributed by atoms with Crippen molar-refractivity contribution < 1.29 is 19.1 Å². The zero-order valence-corrected chi connectivity index (χ0v) is 12.5. The van der Waals surface area contributed by atoms with Gasteiger partial charge < -0.3 is 9.47 Å². The number of benzene rings is 1. The Labute approximate surface area is 124 Å². The van der Waals surface area contributed by atoms with Crippen LogP contribution in [-0.4, -0.2) is 24.4 Å². The first-order valence-corrected chi connectivity index (χ1v) is 7.08. The Morgan fingerprint density at radius 3 is 2.25 bits per heavy atom. The van der Waals surface area contributed by atoms with Crippen LogP contribution in [0.3, 0.4) is 0 Å². The number of alkyl halides is 1. The molecule has 20 heavy (non-hydrogen) atoms. The number of rotatable bonds is 7. The van der Waals surface area contributed by atoms with Gasteiger partial charge in [0.1, 0.15) is 12.4 Å². The van der Waals surface area contributed by atoms with E-state index in [4.69, 9.17) is 21.1 Å². The lowest BCUT2D eigenvalue weighted by atomic mass is 10.0. The monoisotopic (exact) mass is 298 g/mol. The van der Waals surface area contributed by atoms with Gasteiger partial charge in [-0.25, -0.2) is 0 Å². The maximum absolute atomic E-state index is 11.6. The summed E-state index contributed by atoms with van der Waals surface area (Å²) in [6, 6.07) is 7.34. The molecule has 0 aliphatic carbocycles. The van der Waals surface area contributed by atoms with Gasteiger partial charge in [0.15, 0.2) is 0 Å². The lowest BCUT2D eigenvalue weighted by Crippen LogP contribution is -2.13. The van der Waals surface area contributed by atoms with Gasteiger partial charge in [0, 0.05) is 0 Å². The van der Waals surface area contributed by atoms with E-state index in [1.165, 1.54) is 5.56 Å². The first-order valence-electron chi connectivity index (χ1n) is 6.55. The lowest BCUT2D eigenvalue weighted by Gasteiger charge is -2.07. The number of hydrogen-bond donors (Lipinski definition) is 0. The van der Waals surface area contributed by atoms with Crippen LogP contribution in [0.4, 0.5) is 0 Å². The highest BCUT2D eigenvalue weighted by Gasteiger charge is 2.10. The molecule has 4 nitrogen and oxygen atoms in total. The summed E-state index contributed by atoms with van der Waals surface area (Å²) < 4.78 is 9.89. The van der Waals surface area contributed by atoms with Crippen LogP contribution in [0.15, 0.2) is 24.3 Å². The molecule has 0 aliphatic rings. The molecule has 0 unspecified atom stereocenters. The summed E-state index contributed by atoms with van der Waals surface area (Å²) in [5.74, 6) is 0.256. The van der Waals surface area contributed by atoms with E-state index in [9.17, 15) is 9.59 Å². The van der Waals surface area contributed by atoms with Crippen molar-refractivity contribution in [3.8, 4) is 5.75 Å². The second-order valence-corrected chi connectivity index (χ2v) is 4.99. The number of hydrogen-bond acceptors (Lipinski definition) is 4. The number of ether oxygens (including phenoxy) is 2. The highest BCUT2D eigenvalue weighted by Crippen LogP contribution is 2.19. The molecule has 0 atom stereocenters. The van der Waals surface area contributed by atoms with Crippen molar-refractivity contribution in [1.82, 2.24) is 0 Å². The molecule has 1 aromatic rings. The molecule has 5 heteroatoms. The molecule has 110 valence electrons. The van der Waals surface area contributed by atoms with E-state index in [2.05, 4.69) is 13.8 Å². The van der Waals surface area contributed by atoms with Gasteiger partial charge in [0.05, 0.1) is 18.7 Å². The van der Waals surface area contributed by atoms with Crippen LogP contribution < -0.4 is 4.74 Å². The number of carbonyl (C=O) groups excluding carboxylic acids is 2. The Hall–Kier alpha value is -1.55. The van der Waals surface area contributed by atoms with Gasteiger partial charge >= 0.3 is 11.9 Å². The Bertz CT molecular complexity index is 440. The number of carbonyl (C=O) groups is 2. The predicted octanol–water partition coefficient (Wildman–Crippen LogP) is 3.28. The van der Waals surface area contributed by atoms with Crippen LogP contribution in [-0.2, 0) is 14.3 Å². The summed E-state index contributed by atoms with van der Waals surface area (Å²) in [5.41, 5.74) is 1.18. The highest BCUT2D eigenvalue weighted by molar-refractivity contribution is 6.18. The molecule has 0 saturated heterocycles. The summed E-state index contributed by atoms with van der Waals surface area (Å²) >= 11 is 5.38. The molecule has 0 N–H and O–H groups in total. The lowest BCUT2D eigenvalue weighted by molar-refractivity contribution is -0.146. The summed E-state index contributed by atoms with van der Waals surface area (Å²) in [4.78, 5) is 22.7. The highest BCUT2D eigenvalue weighted by atomic mass is 35.5. The molecule has 1 aromatic carbocycles. The molecule has 0 radical (unpaired) electrons. The minimum absolute atomic E-state index is 0.000199. The third-order valence-corrected chi connectivity index (χ3v) is 2.81. The van der Waals surface area contributed by atoms with Gasteiger partial charge in [-0.3, -0.25) is 9.59 Å². The molecule has 0 aromatic heterocycles. The zero-order valence-electron chi connectivity index (χ0n) is 11.7. The van der Waals surface area contributed by atoms with E-state index in [0.717, 1.165) is 0 Å². The minimum Gasteiger partial charge on any atom is -0.464 e. The van der Waals surface area contributed by atoms with Crippen LogP contribution in [0.2, 0.25) is 0 Å². The van der Waals surface area contributed by atoms with E-state index in [-0.39, 0.29) is 25.3 Å². The van der Waals surface area contributed by atoms with Gasteiger partial charge in [-0.05, 0) is 23.6 Å². The molecular formula is C15H19ClO4. The summed E-state index contributed by atoms with van der Waals surface area (Å²) in [6.45, 7) is 4.34. The predicted molar refractivity (Wildman–Crippen MR) is 77.1 cm³/mol. The Kier molecular flexibility index (Phi) is 7.09.